The van der Waals surface area contributed by atoms with Gasteiger partial charge in [-0.1, -0.05) is 41.9 Å². The molecular formula is C19H18ClN3O3. The number of nitrogens with one attached hydrogen (secondary N) is 3. The van der Waals surface area contributed by atoms with Gasteiger partial charge in [0.25, 0.3) is 5.91 Å². The van der Waals surface area contributed by atoms with Crippen LogP contribution in [0.4, 0.5) is 5.69 Å². The summed E-state index contributed by atoms with van der Waals surface area (Å²) < 4.78 is 0. The first-order chi connectivity index (χ1) is 12.5. The molecule has 2 aromatic carbocycles. The van der Waals surface area contributed by atoms with Crippen molar-refractivity contribution in [1.29, 1.82) is 0 Å². The van der Waals surface area contributed by atoms with Crippen molar-refractivity contribution in [3.05, 3.63) is 64.7 Å². The minimum atomic E-state index is -0.763. The quantitative estimate of drug-likeness (QED) is 0.754. The third kappa shape index (κ3) is 4.21. The van der Waals surface area contributed by atoms with Gasteiger partial charge in [0, 0.05) is 18.0 Å². The summed E-state index contributed by atoms with van der Waals surface area (Å²) in [5.74, 6) is -0.878. The highest BCUT2D eigenvalue weighted by Gasteiger charge is 2.27. The summed E-state index contributed by atoms with van der Waals surface area (Å²) >= 11 is 6.05. The van der Waals surface area contributed by atoms with Gasteiger partial charge in [-0.2, -0.15) is 0 Å². The van der Waals surface area contributed by atoms with Gasteiger partial charge < -0.3 is 16.0 Å². The molecule has 3 rings (SSSR count). The summed E-state index contributed by atoms with van der Waals surface area (Å²) in [6.45, 7) is 0.313. The molecule has 0 saturated heterocycles. The molecule has 0 aliphatic carbocycles. The lowest BCUT2D eigenvalue weighted by Crippen LogP contribution is -2.42. The zero-order chi connectivity index (χ0) is 18.5. The molecule has 1 heterocycles. The molecule has 1 atom stereocenters. The molecule has 1 aliphatic heterocycles. The van der Waals surface area contributed by atoms with Gasteiger partial charge in [0.15, 0.2) is 0 Å². The highest BCUT2D eigenvalue weighted by atomic mass is 35.5. The number of hydrogen-bond acceptors (Lipinski definition) is 3. The molecule has 0 saturated carbocycles. The Balaban J connectivity index is 1.54. The Morgan fingerprint density at radius 2 is 1.81 bits per heavy atom. The van der Waals surface area contributed by atoms with E-state index in [2.05, 4.69) is 16.0 Å². The molecule has 3 N–H and O–H groups in total. The number of halogens is 1. The molecule has 6 nitrogen and oxygen atoms in total. The zero-order valence-electron chi connectivity index (χ0n) is 13.9. The smallest absolute Gasteiger partial charge is 0.254 e. The van der Waals surface area contributed by atoms with E-state index in [1.54, 1.807) is 30.3 Å². The summed E-state index contributed by atoms with van der Waals surface area (Å²) in [6.07, 6.45) is 0.319. The van der Waals surface area contributed by atoms with Gasteiger partial charge in [-0.25, -0.2) is 0 Å². The minimum absolute atomic E-state index is 0.110. The van der Waals surface area contributed by atoms with Crippen molar-refractivity contribution in [2.75, 3.05) is 5.32 Å². The van der Waals surface area contributed by atoms with Crippen molar-refractivity contribution in [1.82, 2.24) is 10.6 Å². The van der Waals surface area contributed by atoms with Crippen LogP contribution in [-0.2, 0) is 16.1 Å². The summed E-state index contributed by atoms with van der Waals surface area (Å²) in [5.41, 5.74) is 1.70. The predicted octanol–water partition coefficient (Wildman–Crippen LogP) is 2.49. The number of benzene rings is 2. The van der Waals surface area contributed by atoms with Crippen LogP contribution in [0, 0.1) is 0 Å². The zero-order valence-corrected chi connectivity index (χ0v) is 14.7. The molecule has 7 heteroatoms. The molecule has 0 unspecified atom stereocenters. The number of rotatable bonds is 5. The molecule has 2 aromatic rings. The van der Waals surface area contributed by atoms with E-state index in [-0.39, 0.29) is 30.6 Å². The van der Waals surface area contributed by atoms with Crippen molar-refractivity contribution >= 4 is 35.0 Å². The van der Waals surface area contributed by atoms with Gasteiger partial charge >= 0.3 is 0 Å². The fraction of sp³-hybridized carbons (Fsp3) is 0.211. The number of carbonyl (C=O) groups excluding carboxylic acids is 3. The van der Waals surface area contributed by atoms with E-state index in [4.69, 9.17) is 11.6 Å². The van der Waals surface area contributed by atoms with Crippen LogP contribution in [0.5, 0.6) is 0 Å². The third-order valence-electron chi connectivity index (χ3n) is 4.15. The van der Waals surface area contributed by atoms with E-state index in [1.807, 2.05) is 18.2 Å². The number of para-hydroxylation sites is 1. The lowest BCUT2D eigenvalue weighted by Gasteiger charge is -2.14. The highest BCUT2D eigenvalue weighted by molar-refractivity contribution is 6.31. The summed E-state index contributed by atoms with van der Waals surface area (Å²) in [7, 11) is 0. The molecule has 0 spiro atoms. The molecule has 0 aromatic heterocycles. The fourth-order valence-electron chi connectivity index (χ4n) is 2.71. The average Bonchev–Trinajstić information content (AvgIpc) is 2.76. The van der Waals surface area contributed by atoms with E-state index in [0.29, 0.717) is 22.8 Å². The predicted molar refractivity (Wildman–Crippen MR) is 98.9 cm³/mol. The van der Waals surface area contributed by atoms with Crippen LogP contribution >= 0.6 is 11.6 Å². The van der Waals surface area contributed by atoms with Gasteiger partial charge in [-0.15, -0.1) is 0 Å². The lowest BCUT2D eigenvalue weighted by molar-refractivity contribution is -0.122. The Morgan fingerprint density at radius 1 is 1.08 bits per heavy atom. The van der Waals surface area contributed by atoms with E-state index >= 15 is 0 Å². The Labute approximate surface area is 155 Å². The molecule has 1 aliphatic rings. The third-order valence-corrected chi connectivity index (χ3v) is 4.51. The van der Waals surface area contributed by atoms with Gasteiger partial charge in [0.05, 0.1) is 11.3 Å². The van der Waals surface area contributed by atoms with E-state index in [9.17, 15) is 14.4 Å². The molecule has 134 valence electrons. The minimum Gasteiger partial charge on any atom is -0.352 e. The van der Waals surface area contributed by atoms with E-state index < -0.39 is 6.04 Å². The normalized spacial score (nSPS) is 16.1. The first kappa shape index (κ1) is 17.9. The molecule has 3 amide bonds. The second-order valence-electron chi connectivity index (χ2n) is 5.97. The summed E-state index contributed by atoms with van der Waals surface area (Å²) in [5, 5.41) is 8.75. The van der Waals surface area contributed by atoms with Crippen LogP contribution in [0.3, 0.4) is 0 Å². The van der Waals surface area contributed by atoms with Crippen LogP contribution in [-0.4, -0.2) is 23.8 Å². The maximum Gasteiger partial charge on any atom is 0.254 e. The monoisotopic (exact) mass is 371 g/mol. The molecular weight excluding hydrogens is 354 g/mol. The molecule has 26 heavy (non-hydrogen) atoms. The Hall–Kier alpha value is -2.86. The lowest BCUT2D eigenvalue weighted by atomic mass is 10.1. The van der Waals surface area contributed by atoms with Crippen LogP contribution in [0.2, 0.25) is 5.02 Å². The molecule has 0 bridgehead atoms. The SMILES string of the molecule is O=C(CC[C@@H]1NC(=O)c2ccccc2NC1=O)NCc1ccccc1Cl. The standard InChI is InChI=1S/C19H18ClN3O3/c20-14-7-3-1-5-12(14)11-21-17(24)10-9-16-19(26)22-15-8-4-2-6-13(15)18(25)23-16/h1-8,16H,9-11H2,(H,21,24)(H,22,26)(H,23,25)/t16-/m0/s1. The molecule has 0 radical (unpaired) electrons. The van der Waals surface area contributed by atoms with Crippen molar-refractivity contribution in [3.8, 4) is 0 Å². The van der Waals surface area contributed by atoms with Crippen molar-refractivity contribution in [2.24, 2.45) is 0 Å². The Kier molecular flexibility index (Phi) is 5.53. The van der Waals surface area contributed by atoms with E-state index in [0.717, 1.165) is 5.56 Å². The first-order valence-electron chi connectivity index (χ1n) is 8.25. The van der Waals surface area contributed by atoms with Crippen molar-refractivity contribution in [2.45, 2.75) is 25.4 Å². The number of amides is 3. The van der Waals surface area contributed by atoms with Crippen LogP contribution in [0.15, 0.2) is 48.5 Å². The largest absolute Gasteiger partial charge is 0.352 e. The van der Waals surface area contributed by atoms with Crippen LogP contribution < -0.4 is 16.0 Å². The number of fused-ring (bicyclic) bond motifs is 1. The maximum absolute atomic E-state index is 12.3. The molecule has 0 fully saturated rings. The average molecular weight is 372 g/mol. The van der Waals surface area contributed by atoms with Gasteiger partial charge in [-0.05, 0) is 30.2 Å². The van der Waals surface area contributed by atoms with Crippen molar-refractivity contribution < 1.29 is 14.4 Å². The fourth-order valence-corrected chi connectivity index (χ4v) is 2.92. The number of carbonyl (C=O) groups is 3. The van der Waals surface area contributed by atoms with Crippen LogP contribution in [0.1, 0.15) is 28.8 Å². The van der Waals surface area contributed by atoms with Crippen LogP contribution in [0.25, 0.3) is 0 Å². The first-order valence-corrected chi connectivity index (χ1v) is 8.63. The summed E-state index contributed by atoms with van der Waals surface area (Å²) in [6, 6.07) is 13.3. The van der Waals surface area contributed by atoms with Crippen molar-refractivity contribution in [3.63, 3.8) is 0 Å². The summed E-state index contributed by atoms with van der Waals surface area (Å²) in [4.78, 5) is 36.6. The number of hydrogen-bond donors (Lipinski definition) is 3. The topological polar surface area (TPSA) is 87.3 Å². The second kappa shape index (κ2) is 8.01. The van der Waals surface area contributed by atoms with E-state index in [1.165, 1.54) is 0 Å². The van der Waals surface area contributed by atoms with Gasteiger partial charge in [0.2, 0.25) is 11.8 Å². The van der Waals surface area contributed by atoms with Gasteiger partial charge in [-0.3, -0.25) is 14.4 Å². The highest BCUT2D eigenvalue weighted by Crippen LogP contribution is 2.19. The Morgan fingerprint density at radius 3 is 2.62 bits per heavy atom. The number of anilines is 1. The second-order valence-corrected chi connectivity index (χ2v) is 6.37. The Bertz CT molecular complexity index is 853. The maximum atomic E-state index is 12.3. The van der Waals surface area contributed by atoms with Gasteiger partial charge in [0.1, 0.15) is 6.04 Å².